The van der Waals surface area contributed by atoms with Crippen LogP contribution in [0.15, 0.2) is 16.6 Å². The van der Waals surface area contributed by atoms with Gasteiger partial charge in [-0.25, -0.2) is 4.39 Å². The van der Waals surface area contributed by atoms with Crippen LogP contribution in [0.4, 0.5) is 10.1 Å². The van der Waals surface area contributed by atoms with Crippen LogP contribution in [0.1, 0.15) is 30.1 Å². The van der Waals surface area contributed by atoms with Crippen LogP contribution in [-0.2, 0) is 0 Å². The Morgan fingerprint density at radius 2 is 2.29 bits per heavy atom. The van der Waals surface area contributed by atoms with Crippen molar-refractivity contribution in [1.29, 1.82) is 0 Å². The fraction of sp³-hybridized carbons (Fsp3) is 0.533. The average molecular weight is 358 g/mol. The maximum absolute atomic E-state index is 13.4. The molecule has 4 nitrogen and oxygen atoms in total. The summed E-state index contributed by atoms with van der Waals surface area (Å²) >= 11 is 3.23. The normalized spacial score (nSPS) is 19.0. The van der Waals surface area contributed by atoms with E-state index in [4.69, 9.17) is 5.73 Å². The molecule has 2 N–H and O–H groups in total. The van der Waals surface area contributed by atoms with Gasteiger partial charge in [0, 0.05) is 24.1 Å². The van der Waals surface area contributed by atoms with E-state index in [0.29, 0.717) is 22.6 Å². The van der Waals surface area contributed by atoms with Crippen LogP contribution >= 0.6 is 15.9 Å². The van der Waals surface area contributed by atoms with Crippen molar-refractivity contribution in [3.63, 3.8) is 0 Å². The number of hydrogen-bond acceptors (Lipinski definition) is 3. The number of carbonyl (C=O) groups is 1. The van der Waals surface area contributed by atoms with Gasteiger partial charge in [0.05, 0.1) is 11.3 Å². The van der Waals surface area contributed by atoms with E-state index in [1.54, 1.807) is 11.9 Å². The largest absolute Gasteiger partial charge is 0.396 e. The van der Waals surface area contributed by atoms with E-state index in [1.165, 1.54) is 18.6 Å². The van der Waals surface area contributed by atoms with Gasteiger partial charge in [0.15, 0.2) is 0 Å². The van der Waals surface area contributed by atoms with Crippen molar-refractivity contribution < 1.29 is 9.18 Å². The Morgan fingerprint density at radius 1 is 1.57 bits per heavy atom. The third-order valence-corrected chi connectivity index (χ3v) is 4.71. The first-order valence-electron chi connectivity index (χ1n) is 7.18. The molecule has 1 fully saturated rings. The van der Waals surface area contributed by atoms with Crippen molar-refractivity contribution in [2.75, 3.05) is 32.4 Å². The summed E-state index contributed by atoms with van der Waals surface area (Å²) in [7, 11) is 1.78. The van der Waals surface area contributed by atoms with Crippen LogP contribution in [0.3, 0.4) is 0 Å². The molecule has 0 aromatic heterocycles. The van der Waals surface area contributed by atoms with Gasteiger partial charge in [-0.05, 0) is 54.0 Å². The second-order valence-electron chi connectivity index (χ2n) is 5.46. The second kappa shape index (κ2) is 6.75. The summed E-state index contributed by atoms with van der Waals surface area (Å²) in [5.74, 6) is -0.662. The van der Waals surface area contributed by atoms with Crippen molar-refractivity contribution in [3.8, 4) is 0 Å². The highest BCUT2D eigenvalue weighted by Crippen LogP contribution is 2.25. The molecule has 1 atom stereocenters. The Morgan fingerprint density at radius 3 is 2.95 bits per heavy atom. The van der Waals surface area contributed by atoms with Gasteiger partial charge in [-0.15, -0.1) is 0 Å². The van der Waals surface area contributed by atoms with Crippen molar-refractivity contribution in [2.24, 2.45) is 0 Å². The van der Waals surface area contributed by atoms with Gasteiger partial charge in [0.25, 0.3) is 5.91 Å². The van der Waals surface area contributed by atoms with Crippen molar-refractivity contribution >= 4 is 27.5 Å². The fourth-order valence-corrected chi connectivity index (χ4v) is 3.34. The minimum atomic E-state index is -0.519. The first-order chi connectivity index (χ1) is 9.93. The molecule has 116 valence electrons. The average Bonchev–Trinajstić information content (AvgIpc) is 2.89. The van der Waals surface area contributed by atoms with E-state index in [0.717, 1.165) is 19.5 Å². The summed E-state index contributed by atoms with van der Waals surface area (Å²) in [6, 6.07) is 3.04. The van der Waals surface area contributed by atoms with Gasteiger partial charge >= 0.3 is 0 Å². The summed E-state index contributed by atoms with van der Waals surface area (Å²) < 4.78 is 13.8. The Labute approximate surface area is 133 Å². The van der Waals surface area contributed by atoms with Crippen molar-refractivity contribution in [2.45, 2.75) is 25.8 Å². The molecule has 1 aliphatic rings. The van der Waals surface area contributed by atoms with Crippen molar-refractivity contribution in [3.05, 3.63) is 28.0 Å². The van der Waals surface area contributed by atoms with E-state index >= 15 is 0 Å². The number of nitrogens with zero attached hydrogens (tertiary/aromatic N) is 2. The molecule has 1 aliphatic heterocycles. The van der Waals surface area contributed by atoms with Gasteiger partial charge in [0.2, 0.25) is 0 Å². The number of halogens is 2. The molecule has 1 heterocycles. The minimum absolute atomic E-state index is 0.00833. The number of nitrogens with two attached hydrogens (primary N) is 1. The number of rotatable bonds is 4. The van der Waals surface area contributed by atoms with E-state index in [-0.39, 0.29) is 11.6 Å². The SMILES string of the molecule is CCN1CCCC1CN(C)C(=O)c1cc(N)c(F)cc1Br. The molecule has 1 aromatic rings. The molecular formula is C15H21BrFN3O. The molecular weight excluding hydrogens is 337 g/mol. The number of amides is 1. The highest BCUT2D eigenvalue weighted by molar-refractivity contribution is 9.10. The van der Waals surface area contributed by atoms with Gasteiger partial charge in [0.1, 0.15) is 5.82 Å². The minimum Gasteiger partial charge on any atom is -0.396 e. The predicted molar refractivity (Wildman–Crippen MR) is 85.7 cm³/mol. The number of benzene rings is 1. The quantitative estimate of drug-likeness (QED) is 0.842. The monoisotopic (exact) mass is 357 g/mol. The summed E-state index contributed by atoms with van der Waals surface area (Å²) in [6.07, 6.45) is 2.28. The topological polar surface area (TPSA) is 49.6 Å². The van der Waals surface area contributed by atoms with Crippen molar-refractivity contribution in [1.82, 2.24) is 9.80 Å². The summed E-state index contributed by atoms with van der Waals surface area (Å²) in [5, 5.41) is 0. The second-order valence-corrected chi connectivity index (χ2v) is 6.32. The van der Waals surface area contributed by atoms with Crippen LogP contribution < -0.4 is 5.73 Å². The van der Waals surface area contributed by atoms with Crippen LogP contribution in [0.2, 0.25) is 0 Å². The zero-order chi connectivity index (χ0) is 15.6. The highest BCUT2D eigenvalue weighted by atomic mass is 79.9. The Kier molecular flexibility index (Phi) is 5.22. The molecule has 6 heteroatoms. The Bertz CT molecular complexity index is 538. The molecule has 1 saturated heterocycles. The van der Waals surface area contributed by atoms with E-state index in [9.17, 15) is 9.18 Å². The van der Waals surface area contributed by atoms with Gasteiger partial charge < -0.3 is 10.6 Å². The van der Waals surface area contributed by atoms with Gasteiger partial charge in [-0.3, -0.25) is 9.69 Å². The third-order valence-electron chi connectivity index (χ3n) is 4.05. The predicted octanol–water partition coefficient (Wildman–Crippen LogP) is 2.73. The number of likely N-dealkylation sites (N-methyl/N-ethyl adjacent to an activating group) is 2. The van der Waals surface area contributed by atoms with Gasteiger partial charge in [-0.1, -0.05) is 6.92 Å². The summed E-state index contributed by atoms with van der Waals surface area (Å²) in [5.41, 5.74) is 5.95. The molecule has 0 radical (unpaired) electrons. The standard InChI is InChI=1S/C15H21BrFN3O/c1-3-20-6-4-5-10(20)9-19(2)15(21)11-7-14(18)13(17)8-12(11)16/h7-8,10H,3-6,9,18H2,1-2H3. The number of hydrogen-bond donors (Lipinski definition) is 1. The molecule has 1 amide bonds. The summed E-state index contributed by atoms with van der Waals surface area (Å²) in [4.78, 5) is 16.6. The van der Waals surface area contributed by atoms with Crippen LogP contribution in [0.5, 0.6) is 0 Å². The lowest BCUT2D eigenvalue weighted by molar-refractivity contribution is 0.0753. The fourth-order valence-electron chi connectivity index (χ4n) is 2.85. The summed E-state index contributed by atoms with van der Waals surface area (Å²) in [6.45, 7) is 4.91. The number of anilines is 1. The number of nitrogen functional groups attached to an aromatic ring is 1. The first-order valence-corrected chi connectivity index (χ1v) is 7.97. The van der Waals surface area contributed by atoms with Gasteiger partial charge in [-0.2, -0.15) is 0 Å². The molecule has 0 saturated carbocycles. The Balaban J connectivity index is 2.11. The van der Waals surface area contributed by atoms with E-state index in [1.807, 2.05) is 0 Å². The maximum atomic E-state index is 13.4. The first kappa shape index (κ1) is 16.2. The molecule has 1 unspecified atom stereocenters. The van der Waals surface area contributed by atoms with Crippen LogP contribution in [0.25, 0.3) is 0 Å². The third kappa shape index (κ3) is 3.55. The van der Waals surface area contributed by atoms with Crippen LogP contribution in [-0.4, -0.2) is 48.4 Å². The van der Waals surface area contributed by atoms with E-state index in [2.05, 4.69) is 27.8 Å². The lowest BCUT2D eigenvalue weighted by Crippen LogP contribution is -2.41. The molecule has 0 aliphatic carbocycles. The van der Waals surface area contributed by atoms with E-state index < -0.39 is 5.82 Å². The number of carbonyl (C=O) groups excluding carboxylic acids is 1. The maximum Gasteiger partial charge on any atom is 0.254 e. The molecule has 0 spiro atoms. The lowest BCUT2D eigenvalue weighted by Gasteiger charge is -2.28. The number of likely N-dealkylation sites (tertiary alicyclic amines) is 1. The Hall–Kier alpha value is -1.14. The molecule has 21 heavy (non-hydrogen) atoms. The highest BCUT2D eigenvalue weighted by Gasteiger charge is 2.26. The molecule has 0 bridgehead atoms. The van der Waals surface area contributed by atoms with Crippen LogP contribution in [0, 0.1) is 5.82 Å². The molecule has 2 rings (SSSR count). The molecule has 1 aromatic carbocycles. The smallest absolute Gasteiger partial charge is 0.254 e. The zero-order valence-electron chi connectivity index (χ0n) is 12.4. The lowest BCUT2D eigenvalue weighted by atomic mass is 10.1. The zero-order valence-corrected chi connectivity index (χ0v) is 14.0.